The SMILES string of the molecule is Cc1nnc(SCC2=C(C(=O)O)N3C(=O)C(NC(=O)Cc4csc(N)n4)[C@@H]3SC2)n1C. The number of carbonyl (C=O) groups excluding carboxylic acids is 2. The van der Waals surface area contributed by atoms with Gasteiger partial charge in [-0.25, -0.2) is 9.78 Å². The van der Waals surface area contributed by atoms with Crippen LogP contribution < -0.4 is 11.1 Å². The zero-order valence-corrected chi connectivity index (χ0v) is 19.0. The lowest BCUT2D eigenvalue weighted by Gasteiger charge is -2.49. The number of nitrogens with one attached hydrogen (secondary N) is 1. The zero-order valence-electron chi connectivity index (χ0n) is 16.6. The number of thiazole rings is 1. The summed E-state index contributed by atoms with van der Waals surface area (Å²) in [4.78, 5) is 42.3. The number of aliphatic carboxylic acids is 1. The Kier molecular flexibility index (Phi) is 5.94. The number of anilines is 1. The van der Waals surface area contributed by atoms with E-state index in [1.807, 2.05) is 18.5 Å². The van der Waals surface area contributed by atoms with Gasteiger partial charge in [-0.15, -0.1) is 33.3 Å². The molecule has 2 aromatic heterocycles. The van der Waals surface area contributed by atoms with Crippen molar-refractivity contribution in [2.24, 2.45) is 7.05 Å². The maximum Gasteiger partial charge on any atom is 0.352 e. The van der Waals surface area contributed by atoms with Gasteiger partial charge in [-0.3, -0.25) is 14.5 Å². The van der Waals surface area contributed by atoms with Gasteiger partial charge in [0.1, 0.15) is 22.9 Å². The summed E-state index contributed by atoms with van der Waals surface area (Å²) in [6.07, 6.45) is 0.00943. The lowest BCUT2D eigenvalue weighted by atomic mass is 10.0. The molecular weight excluding hydrogens is 462 g/mol. The first-order valence-electron chi connectivity index (χ1n) is 9.14. The van der Waals surface area contributed by atoms with Crippen LogP contribution >= 0.6 is 34.9 Å². The van der Waals surface area contributed by atoms with Crippen LogP contribution in [0.4, 0.5) is 5.13 Å². The summed E-state index contributed by atoms with van der Waals surface area (Å²) in [5.41, 5.74) is 6.72. The van der Waals surface area contributed by atoms with E-state index < -0.39 is 23.3 Å². The third-order valence-electron chi connectivity index (χ3n) is 4.91. The van der Waals surface area contributed by atoms with Crippen molar-refractivity contribution in [2.75, 3.05) is 17.2 Å². The topological polar surface area (TPSA) is 156 Å². The van der Waals surface area contributed by atoms with Gasteiger partial charge in [-0.05, 0) is 12.5 Å². The summed E-state index contributed by atoms with van der Waals surface area (Å²) in [5, 5.41) is 22.8. The van der Waals surface area contributed by atoms with Crippen molar-refractivity contribution in [3.8, 4) is 0 Å². The molecule has 0 radical (unpaired) electrons. The van der Waals surface area contributed by atoms with Crippen molar-refractivity contribution >= 4 is 57.8 Å². The first-order valence-corrected chi connectivity index (χ1v) is 12.1. The Morgan fingerprint density at radius 2 is 2.19 bits per heavy atom. The Balaban J connectivity index is 1.44. The Morgan fingerprint density at radius 3 is 2.81 bits per heavy atom. The molecule has 0 aliphatic carbocycles. The van der Waals surface area contributed by atoms with Gasteiger partial charge in [-0.1, -0.05) is 11.8 Å². The molecule has 1 saturated heterocycles. The Labute approximate surface area is 189 Å². The predicted octanol–water partition coefficient (Wildman–Crippen LogP) is 0.236. The Morgan fingerprint density at radius 1 is 1.42 bits per heavy atom. The van der Waals surface area contributed by atoms with E-state index in [0.717, 1.165) is 5.82 Å². The third-order valence-corrected chi connectivity index (χ3v) is 8.07. The fraction of sp³-hybridized carbons (Fsp3) is 0.412. The van der Waals surface area contributed by atoms with E-state index in [9.17, 15) is 19.5 Å². The zero-order chi connectivity index (χ0) is 22.3. The quantitative estimate of drug-likeness (QED) is 0.369. The van der Waals surface area contributed by atoms with Crippen molar-refractivity contribution in [3.63, 3.8) is 0 Å². The number of nitrogens with two attached hydrogens (primary N) is 1. The van der Waals surface area contributed by atoms with Crippen LogP contribution in [0.1, 0.15) is 11.5 Å². The fourth-order valence-corrected chi connectivity index (χ4v) is 6.26. The van der Waals surface area contributed by atoms with E-state index in [-0.39, 0.29) is 18.0 Å². The minimum absolute atomic E-state index is 0.00943. The van der Waals surface area contributed by atoms with Gasteiger partial charge >= 0.3 is 5.97 Å². The van der Waals surface area contributed by atoms with Crippen LogP contribution in [-0.2, 0) is 27.9 Å². The van der Waals surface area contributed by atoms with E-state index in [0.29, 0.717) is 33.1 Å². The molecule has 2 aromatic rings. The molecule has 4 N–H and O–H groups in total. The van der Waals surface area contributed by atoms with Crippen LogP contribution in [-0.4, -0.2) is 70.5 Å². The van der Waals surface area contributed by atoms with Gasteiger partial charge in [0.2, 0.25) is 5.91 Å². The van der Waals surface area contributed by atoms with E-state index in [1.54, 1.807) is 5.38 Å². The summed E-state index contributed by atoms with van der Waals surface area (Å²) >= 11 is 4.04. The van der Waals surface area contributed by atoms with E-state index in [2.05, 4.69) is 20.5 Å². The minimum atomic E-state index is -1.16. The predicted molar refractivity (Wildman–Crippen MR) is 116 cm³/mol. The van der Waals surface area contributed by atoms with Gasteiger partial charge in [0.25, 0.3) is 5.91 Å². The highest BCUT2D eigenvalue weighted by Crippen LogP contribution is 2.41. The van der Waals surface area contributed by atoms with E-state index in [4.69, 9.17) is 5.73 Å². The van der Waals surface area contributed by atoms with Crippen LogP contribution in [0.25, 0.3) is 0 Å². The summed E-state index contributed by atoms with van der Waals surface area (Å²) in [6, 6.07) is -0.765. The number of rotatable bonds is 7. The number of carbonyl (C=O) groups is 3. The Hall–Kier alpha value is -2.58. The number of aryl methyl sites for hydroxylation is 1. The van der Waals surface area contributed by atoms with Crippen molar-refractivity contribution in [3.05, 3.63) is 28.2 Å². The monoisotopic (exact) mass is 481 g/mol. The van der Waals surface area contributed by atoms with Crippen molar-refractivity contribution in [1.29, 1.82) is 0 Å². The average Bonchev–Trinajstić information content (AvgIpc) is 3.28. The van der Waals surface area contributed by atoms with Gasteiger partial charge in [0.05, 0.1) is 12.1 Å². The highest BCUT2D eigenvalue weighted by Gasteiger charge is 2.54. The lowest BCUT2D eigenvalue weighted by Crippen LogP contribution is -2.70. The summed E-state index contributed by atoms with van der Waals surface area (Å²) < 4.78 is 1.82. The van der Waals surface area contributed by atoms with Crippen LogP contribution in [0.15, 0.2) is 21.8 Å². The number of carboxylic acids is 1. The van der Waals surface area contributed by atoms with Crippen molar-refractivity contribution in [2.45, 2.75) is 29.9 Å². The number of nitrogen functional groups attached to an aromatic ring is 1. The molecule has 164 valence electrons. The number of β-lactam (4-membered cyclic amide) rings is 1. The number of nitrogens with zero attached hydrogens (tertiary/aromatic N) is 5. The molecule has 14 heteroatoms. The number of hydrogen-bond donors (Lipinski definition) is 3. The molecule has 4 rings (SSSR count). The second-order valence-electron chi connectivity index (χ2n) is 6.94. The smallest absolute Gasteiger partial charge is 0.352 e. The minimum Gasteiger partial charge on any atom is -0.477 e. The highest BCUT2D eigenvalue weighted by molar-refractivity contribution is 8.01. The standard InChI is InChI=1S/C17H19N7O4S3/c1-7-21-22-17(23(7)2)31-5-8-4-29-14-11(13(26)24(14)12(8)15(27)28)20-10(25)3-9-6-30-16(18)19-9/h6,11,14H,3-5H2,1-2H3,(H2,18,19)(H,20,25)(H,27,28)/t11?,14-/m0/s1. The lowest BCUT2D eigenvalue weighted by molar-refractivity contribution is -0.150. The number of thioether (sulfide) groups is 2. The molecule has 31 heavy (non-hydrogen) atoms. The molecular formula is C17H19N7O4S3. The molecule has 1 fully saturated rings. The second kappa shape index (κ2) is 8.51. The van der Waals surface area contributed by atoms with Gasteiger partial charge < -0.3 is 20.7 Å². The fourth-order valence-electron chi connectivity index (χ4n) is 3.25. The average molecular weight is 482 g/mol. The number of hydrogen-bond acceptors (Lipinski definition) is 10. The van der Waals surface area contributed by atoms with E-state index >= 15 is 0 Å². The molecule has 0 saturated carbocycles. The van der Waals surface area contributed by atoms with Crippen LogP contribution in [0, 0.1) is 6.92 Å². The molecule has 0 aromatic carbocycles. The van der Waals surface area contributed by atoms with Crippen molar-refractivity contribution < 1.29 is 19.5 Å². The van der Waals surface area contributed by atoms with Crippen LogP contribution in [0.2, 0.25) is 0 Å². The van der Waals surface area contributed by atoms with Crippen LogP contribution in [0.3, 0.4) is 0 Å². The number of aromatic nitrogens is 4. The molecule has 11 nitrogen and oxygen atoms in total. The molecule has 1 unspecified atom stereocenters. The number of fused-ring (bicyclic) bond motifs is 1. The molecule has 2 atom stereocenters. The summed E-state index contributed by atoms with van der Waals surface area (Å²) in [5.74, 6) is -0.383. The third kappa shape index (κ3) is 4.14. The first-order chi connectivity index (χ1) is 14.8. The molecule has 0 bridgehead atoms. The van der Waals surface area contributed by atoms with E-state index in [1.165, 1.54) is 39.8 Å². The van der Waals surface area contributed by atoms with Gasteiger partial charge in [0.15, 0.2) is 10.3 Å². The van der Waals surface area contributed by atoms with Gasteiger partial charge in [-0.2, -0.15) is 0 Å². The summed E-state index contributed by atoms with van der Waals surface area (Å²) in [7, 11) is 1.84. The van der Waals surface area contributed by atoms with Crippen LogP contribution in [0.5, 0.6) is 0 Å². The molecule has 2 amide bonds. The van der Waals surface area contributed by atoms with Crippen molar-refractivity contribution in [1.82, 2.24) is 30.0 Å². The normalized spacial score (nSPS) is 20.5. The maximum absolute atomic E-state index is 12.7. The number of amides is 2. The number of carboxylic acid groups (broad SMARTS) is 1. The maximum atomic E-state index is 12.7. The summed E-state index contributed by atoms with van der Waals surface area (Å²) in [6.45, 7) is 1.83. The Bertz CT molecular complexity index is 1100. The highest BCUT2D eigenvalue weighted by atomic mass is 32.2. The van der Waals surface area contributed by atoms with Gasteiger partial charge in [0, 0.05) is 23.9 Å². The first kappa shape index (κ1) is 21.6. The molecule has 0 spiro atoms. The molecule has 2 aliphatic rings. The molecule has 2 aliphatic heterocycles. The second-order valence-corrected chi connectivity index (χ2v) is 9.88. The largest absolute Gasteiger partial charge is 0.477 e. The molecule has 4 heterocycles.